The number of hydrogen-bond donors (Lipinski definition) is 0. The third-order valence-corrected chi connectivity index (χ3v) is 2.72. The summed E-state index contributed by atoms with van der Waals surface area (Å²) in [4.78, 5) is 11.0. The molecular formula is C9H12O5. The zero-order valence-corrected chi connectivity index (χ0v) is 8.06. The lowest BCUT2D eigenvalue weighted by Gasteiger charge is -2.20. The molecule has 4 unspecified atom stereocenters. The highest BCUT2D eigenvalue weighted by Gasteiger charge is 2.59. The van der Waals surface area contributed by atoms with Crippen molar-refractivity contribution in [3.05, 3.63) is 0 Å². The lowest BCUT2D eigenvalue weighted by molar-refractivity contribution is -0.209. The molecule has 0 bridgehead atoms. The van der Waals surface area contributed by atoms with Crippen LogP contribution in [0.2, 0.25) is 0 Å². The molecule has 3 aliphatic heterocycles. The molecule has 0 aliphatic carbocycles. The molecule has 5 heteroatoms. The maximum absolute atomic E-state index is 11.0. The molecule has 5 nitrogen and oxygen atoms in total. The van der Waals surface area contributed by atoms with Gasteiger partial charge in [-0.2, -0.15) is 0 Å². The topological polar surface area (TPSA) is 54.0 Å². The van der Waals surface area contributed by atoms with Crippen molar-refractivity contribution in [3.8, 4) is 0 Å². The molecule has 0 N–H and O–H groups in total. The van der Waals surface area contributed by atoms with Crippen LogP contribution in [0.25, 0.3) is 0 Å². The number of esters is 1. The quantitative estimate of drug-likeness (QED) is 0.522. The highest BCUT2D eigenvalue weighted by Crippen LogP contribution is 2.41. The maximum atomic E-state index is 11.0. The fourth-order valence-electron chi connectivity index (χ4n) is 2.22. The van der Waals surface area contributed by atoms with Gasteiger partial charge < -0.3 is 18.9 Å². The van der Waals surface area contributed by atoms with Crippen LogP contribution in [0, 0.1) is 0 Å². The van der Waals surface area contributed by atoms with Crippen molar-refractivity contribution in [2.45, 2.75) is 50.7 Å². The van der Waals surface area contributed by atoms with Crippen molar-refractivity contribution in [2.75, 3.05) is 0 Å². The molecule has 0 amide bonds. The van der Waals surface area contributed by atoms with Gasteiger partial charge in [0.2, 0.25) is 0 Å². The van der Waals surface area contributed by atoms with E-state index in [1.807, 2.05) is 13.8 Å². The minimum Gasteiger partial charge on any atom is -0.456 e. The van der Waals surface area contributed by atoms with Crippen molar-refractivity contribution >= 4 is 5.97 Å². The lowest BCUT2D eigenvalue weighted by atomic mass is 10.1. The Morgan fingerprint density at radius 2 is 2.07 bits per heavy atom. The summed E-state index contributed by atoms with van der Waals surface area (Å²) < 4.78 is 21.8. The van der Waals surface area contributed by atoms with Gasteiger partial charge in [0.05, 0.1) is 6.42 Å². The number of carbonyl (C=O) groups is 1. The minimum atomic E-state index is -0.644. The second-order valence-electron chi connectivity index (χ2n) is 4.30. The molecule has 0 aromatic rings. The van der Waals surface area contributed by atoms with Crippen molar-refractivity contribution in [1.29, 1.82) is 0 Å². The van der Waals surface area contributed by atoms with E-state index in [0.717, 1.165) is 0 Å². The van der Waals surface area contributed by atoms with Crippen LogP contribution in [0.1, 0.15) is 20.3 Å². The maximum Gasteiger partial charge on any atom is 0.309 e. The summed E-state index contributed by atoms with van der Waals surface area (Å²) in [5.74, 6) is -0.860. The first-order chi connectivity index (χ1) is 6.55. The molecule has 4 atom stereocenters. The van der Waals surface area contributed by atoms with Crippen LogP contribution in [-0.2, 0) is 23.7 Å². The molecule has 3 fully saturated rings. The first-order valence-corrected chi connectivity index (χ1v) is 4.76. The van der Waals surface area contributed by atoms with Crippen LogP contribution in [0.5, 0.6) is 0 Å². The Kier molecular flexibility index (Phi) is 1.53. The Morgan fingerprint density at radius 3 is 2.86 bits per heavy atom. The summed E-state index contributed by atoms with van der Waals surface area (Å²) in [6.45, 7) is 3.64. The number of fused-ring (bicyclic) bond motifs is 3. The second kappa shape index (κ2) is 2.48. The van der Waals surface area contributed by atoms with Crippen molar-refractivity contribution in [1.82, 2.24) is 0 Å². The third-order valence-electron chi connectivity index (χ3n) is 2.72. The molecule has 0 radical (unpaired) electrons. The molecule has 3 aliphatic rings. The van der Waals surface area contributed by atoms with Crippen molar-refractivity contribution in [3.63, 3.8) is 0 Å². The van der Waals surface area contributed by atoms with Gasteiger partial charge in [0, 0.05) is 0 Å². The largest absolute Gasteiger partial charge is 0.456 e. The Labute approximate surface area is 81.3 Å². The Balaban J connectivity index is 1.81. The van der Waals surface area contributed by atoms with Crippen LogP contribution in [-0.4, -0.2) is 36.4 Å². The summed E-state index contributed by atoms with van der Waals surface area (Å²) in [5.41, 5.74) is 0. The van der Waals surface area contributed by atoms with E-state index < -0.39 is 5.79 Å². The normalized spacial score (nSPS) is 48.9. The molecule has 3 heterocycles. The average Bonchev–Trinajstić information content (AvgIpc) is 2.58. The number of hydrogen-bond acceptors (Lipinski definition) is 5. The number of ether oxygens (including phenoxy) is 4. The SMILES string of the molecule is CC1(C)OC2OC3CC(=O)OC3C2O1. The molecule has 0 aromatic carbocycles. The Morgan fingerprint density at radius 1 is 1.29 bits per heavy atom. The molecule has 0 aromatic heterocycles. The fraction of sp³-hybridized carbons (Fsp3) is 0.889. The van der Waals surface area contributed by atoms with Crippen LogP contribution in [0.15, 0.2) is 0 Å². The smallest absolute Gasteiger partial charge is 0.309 e. The Hall–Kier alpha value is -0.650. The van der Waals surface area contributed by atoms with Gasteiger partial charge in [-0.25, -0.2) is 0 Å². The Bertz CT molecular complexity index is 287. The molecule has 14 heavy (non-hydrogen) atoms. The van der Waals surface area contributed by atoms with Gasteiger partial charge in [0.1, 0.15) is 6.10 Å². The van der Waals surface area contributed by atoms with Crippen LogP contribution in [0.4, 0.5) is 0 Å². The van der Waals surface area contributed by atoms with Crippen molar-refractivity contribution < 1.29 is 23.7 Å². The zero-order valence-electron chi connectivity index (χ0n) is 8.06. The summed E-state index contributed by atoms with van der Waals surface area (Å²) in [5, 5.41) is 0. The van der Waals surface area contributed by atoms with Gasteiger partial charge in [-0.05, 0) is 13.8 Å². The number of rotatable bonds is 0. The summed E-state index contributed by atoms with van der Waals surface area (Å²) >= 11 is 0. The lowest BCUT2D eigenvalue weighted by Crippen LogP contribution is -2.32. The highest BCUT2D eigenvalue weighted by atomic mass is 16.8. The summed E-state index contributed by atoms with van der Waals surface area (Å²) in [6, 6.07) is 0. The van der Waals surface area contributed by atoms with Crippen LogP contribution >= 0.6 is 0 Å². The van der Waals surface area contributed by atoms with E-state index in [2.05, 4.69) is 0 Å². The third kappa shape index (κ3) is 1.09. The minimum absolute atomic E-state index is 0.186. The van der Waals surface area contributed by atoms with Gasteiger partial charge in [-0.15, -0.1) is 0 Å². The second-order valence-corrected chi connectivity index (χ2v) is 4.30. The first kappa shape index (κ1) is 8.64. The van der Waals surface area contributed by atoms with Gasteiger partial charge >= 0.3 is 5.97 Å². The van der Waals surface area contributed by atoms with Crippen LogP contribution < -0.4 is 0 Å². The predicted molar refractivity (Wildman–Crippen MR) is 43.2 cm³/mol. The molecule has 0 spiro atoms. The molecule has 3 rings (SSSR count). The van der Waals surface area contributed by atoms with E-state index in [1.165, 1.54) is 0 Å². The first-order valence-electron chi connectivity index (χ1n) is 4.76. The van der Waals surface area contributed by atoms with Crippen molar-refractivity contribution in [2.24, 2.45) is 0 Å². The summed E-state index contributed by atoms with van der Waals surface area (Å²) in [7, 11) is 0. The van der Waals surface area contributed by atoms with Gasteiger partial charge in [0.25, 0.3) is 0 Å². The predicted octanol–water partition coefficient (Wildman–Crippen LogP) is 0.178. The molecular weight excluding hydrogens is 188 g/mol. The van der Waals surface area contributed by atoms with Gasteiger partial charge in [0.15, 0.2) is 24.3 Å². The van der Waals surface area contributed by atoms with E-state index in [4.69, 9.17) is 18.9 Å². The van der Waals surface area contributed by atoms with E-state index in [-0.39, 0.29) is 30.6 Å². The van der Waals surface area contributed by atoms with Crippen LogP contribution in [0.3, 0.4) is 0 Å². The van der Waals surface area contributed by atoms with Gasteiger partial charge in [-0.1, -0.05) is 0 Å². The molecule has 3 saturated heterocycles. The fourth-order valence-corrected chi connectivity index (χ4v) is 2.22. The standard InChI is InChI=1S/C9H12O5/c1-9(2)13-7-6-4(3-5(10)12-6)11-8(7)14-9/h4,6-8H,3H2,1-2H3. The number of carbonyl (C=O) groups excluding carboxylic acids is 1. The summed E-state index contributed by atoms with van der Waals surface area (Å²) in [6.07, 6.45) is -0.803. The average molecular weight is 200 g/mol. The van der Waals surface area contributed by atoms with E-state index >= 15 is 0 Å². The molecule has 0 saturated carbocycles. The van der Waals surface area contributed by atoms with Gasteiger partial charge in [-0.3, -0.25) is 4.79 Å². The zero-order chi connectivity index (χ0) is 9.92. The van der Waals surface area contributed by atoms with E-state index in [0.29, 0.717) is 6.42 Å². The van der Waals surface area contributed by atoms with E-state index in [1.54, 1.807) is 0 Å². The highest BCUT2D eigenvalue weighted by molar-refractivity contribution is 5.73. The molecule has 78 valence electrons. The monoisotopic (exact) mass is 200 g/mol. The van der Waals surface area contributed by atoms with E-state index in [9.17, 15) is 4.79 Å².